The molecule has 1 aromatic heterocycles. The summed E-state index contributed by atoms with van der Waals surface area (Å²) in [5, 5.41) is 0. The zero-order valence-corrected chi connectivity index (χ0v) is 10.3. The highest BCUT2D eigenvalue weighted by Crippen LogP contribution is 2.33. The molecule has 16 heavy (non-hydrogen) atoms. The summed E-state index contributed by atoms with van der Waals surface area (Å²) in [7, 11) is 0. The van der Waals surface area contributed by atoms with Gasteiger partial charge < -0.3 is 4.98 Å². The van der Waals surface area contributed by atoms with Crippen molar-refractivity contribution in [3.63, 3.8) is 0 Å². The van der Waals surface area contributed by atoms with Gasteiger partial charge in [0.1, 0.15) is 0 Å². The summed E-state index contributed by atoms with van der Waals surface area (Å²) in [6.07, 6.45) is 2.45. The SMILES string of the molecule is Cc1[nH]c(=O)ccc1[C@@H]1CCCN1C(C)C. The molecule has 2 rings (SSSR count). The molecule has 88 valence electrons. The molecule has 1 aliphatic rings. The molecule has 0 bridgehead atoms. The molecule has 1 aliphatic heterocycles. The van der Waals surface area contributed by atoms with Gasteiger partial charge in [0.25, 0.3) is 0 Å². The standard InChI is InChI=1S/C13H20N2O/c1-9(2)15-8-4-5-12(15)11-6-7-13(16)14-10(11)3/h6-7,9,12H,4-5,8H2,1-3H3,(H,14,16)/t12-/m0/s1. The molecule has 0 aromatic carbocycles. The summed E-state index contributed by atoms with van der Waals surface area (Å²) in [6.45, 7) is 7.63. The van der Waals surface area contributed by atoms with Crippen LogP contribution >= 0.6 is 0 Å². The summed E-state index contributed by atoms with van der Waals surface area (Å²) in [6, 6.07) is 4.68. The highest BCUT2D eigenvalue weighted by Gasteiger charge is 2.28. The second-order valence-corrected chi connectivity index (χ2v) is 4.89. The van der Waals surface area contributed by atoms with Crippen molar-refractivity contribution in [1.29, 1.82) is 0 Å². The van der Waals surface area contributed by atoms with E-state index in [1.54, 1.807) is 6.07 Å². The normalized spacial score (nSPS) is 21.9. The number of rotatable bonds is 2. The first-order valence-electron chi connectivity index (χ1n) is 6.05. The first-order chi connectivity index (χ1) is 7.59. The van der Waals surface area contributed by atoms with Gasteiger partial charge in [-0.25, -0.2) is 0 Å². The Kier molecular flexibility index (Phi) is 3.15. The number of nitrogens with zero attached hydrogens (tertiary/aromatic N) is 1. The number of nitrogens with one attached hydrogen (secondary N) is 1. The average Bonchev–Trinajstić information content (AvgIpc) is 2.66. The van der Waals surface area contributed by atoms with Crippen molar-refractivity contribution < 1.29 is 0 Å². The minimum absolute atomic E-state index is 0.00431. The molecular formula is C13H20N2O. The third-order valence-corrected chi connectivity index (χ3v) is 3.47. The van der Waals surface area contributed by atoms with Gasteiger partial charge in [-0.1, -0.05) is 6.07 Å². The van der Waals surface area contributed by atoms with Gasteiger partial charge in [0.05, 0.1) is 0 Å². The Balaban J connectivity index is 2.33. The van der Waals surface area contributed by atoms with Gasteiger partial charge in [0, 0.05) is 23.8 Å². The van der Waals surface area contributed by atoms with Gasteiger partial charge in [-0.05, 0) is 45.7 Å². The molecule has 0 saturated carbocycles. The van der Waals surface area contributed by atoms with E-state index in [0.29, 0.717) is 12.1 Å². The lowest BCUT2D eigenvalue weighted by Gasteiger charge is -2.29. The van der Waals surface area contributed by atoms with E-state index in [2.05, 4.69) is 23.7 Å². The summed E-state index contributed by atoms with van der Waals surface area (Å²) >= 11 is 0. The van der Waals surface area contributed by atoms with Crippen molar-refractivity contribution in [2.75, 3.05) is 6.54 Å². The molecule has 1 fully saturated rings. The second kappa shape index (κ2) is 4.42. The van der Waals surface area contributed by atoms with Crippen LogP contribution in [0.15, 0.2) is 16.9 Å². The molecule has 3 nitrogen and oxygen atoms in total. The minimum Gasteiger partial charge on any atom is -0.326 e. The van der Waals surface area contributed by atoms with Crippen LogP contribution in [0, 0.1) is 6.92 Å². The van der Waals surface area contributed by atoms with Crippen LogP contribution in [0.1, 0.15) is 44.0 Å². The molecular weight excluding hydrogens is 200 g/mol. The minimum atomic E-state index is -0.00431. The van der Waals surface area contributed by atoms with E-state index in [1.165, 1.54) is 24.9 Å². The summed E-state index contributed by atoms with van der Waals surface area (Å²) in [5.74, 6) is 0. The molecule has 2 heterocycles. The van der Waals surface area contributed by atoms with Gasteiger partial charge in [-0.2, -0.15) is 0 Å². The van der Waals surface area contributed by atoms with Gasteiger partial charge in [-0.15, -0.1) is 0 Å². The lowest BCUT2D eigenvalue weighted by Crippen LogP contribution is -2.31. The van der Waals surface area contributed by atoms with Crippen LogP contribution in [0.4, 0.5) is 0 Å². The van der Waals surface area contributed by atoms with Crippen molar-refractivity contribution in [3.05, 3.63) is 33.7 Å². The van der Waals surface area contributed by atoms with E-state index in [9.17, 15) is 4.79 Å². The Bertz CT molecular complexity index is 422. The van der Waals surface area contributed by atoms with E-state index < -0.39 is 0 Å². The van der Waals surface area contributed by atoms with Crippen molar-refractivity contribution in [3.8, 4) is 0 Å². The van der Waals surface area contributed by atoms with Crippen molar-refractivity contribution in [2.45, 2.75) is 45.7 Å². The number of aryl methyl sites for hydroxylation is 1. The fraction of sp³-hybridized carbons (Fsp3) is 0.615. The first kappa shape index (κ1) is 11.4. The molecule has 0 radical (unpaired) electrons. The summed E-state index contributed by atoms with van der Waals surface area (Å²) < 4.78 is 0. The first-order valence-corrected chi connectivity index (χ1v) is 6.05. The van der Waals surface area contributed by atoms with Gasteiger partial charge in [-0.3, -0.25) is 9.69 Å². The number of aromatic amines is 1. The predicted octanol–water partition coefficient (Wildman–Crippen LogP) is 2.23. The average molecular weight is 220 g/mol. The highest BCUT2D eigenvalue weighted by molar-refractivity contribution is 5.23. The number of H-pyrrole nitrogens is 1. The van der Waals surface area contributed by atoms with Gasteiger partial charge in [0.15, 0.2) is 0 Å². The monoisotopic (exact) mass is 220 g/mol. The zero-order chi connectivity index (χ0) is 11.7. The number of hydrogen-bond donors (Lipinski definition) is 1. The fourth-order valence-electron chi connectivity index (χ4n) is 2.69. The molecule has 1 saturated heterocycles. The highest BCUT2D eigenvalue weighted by atomic mass is 16.1. The smallest absolute Gasteiger partial charge is 0.248 e. The van der Waals surface area contributed by atoms with Crippen LogP contribution in [0.25, 0.3) is 0 Å². The van der Waals surface area contributed by atoms with E-state index in [4.69, 9.17) is 0 Å². The van der Waals surface area contributed by atoms with Crippen LogP contribution in [-0.2, 0) is 0 Å². The van der Waals surface area contributed by atoms with Gasteiger partial charge in [0.2, 0.25) is 5.56 Å². The molecule has 0 unspecified atom stereocenters. The molecule has 1 atom stereocenters. The molecule has 0 amide bonds. The third-order valence-electron chi connectivity index (χ3n) is 3.47. The quantitative estimate of drug-likeness (QED) is 0.829. The lowest BCUT2D eigenvalue weighted by atomic mass is 10.0. The Hall–Kier alpha value is -1.09. The van der Waals surface area contributed by atoms with Crippen LogP contribution < -0.4 is 5.56 Å². The number of hydrogen-bond acceptors (Lipinski definition) is 2. The predicted molar refractivity (Wildman–Crippen MR) is 65.6 cm³/mol. The zero-order valence-electron chi connectivity index (χ0n) is 10.3. The second-order valence-electron chi connectivity index (χ2n) is 4.89. The molecule has 1 aromatic rings. The van der Waals surface area contributed by atoms with E-state index in [1.807, 2.05) is 13.0 Å². The molecule has 0 spiro atoms. The maximum atomic E-state index is 11.2. The van der Waals surface area contributed by atoms with E-state index in [-0.39, 0.29) is 5.56 Å². The van der Waals surface area contributed by atoms with Crippen molar-refractivity contribution in [2.24, 2.45) is 0 Å². The Morgan fingerprint density at radius 1 is 1.44 bits per heavy atom. The molecule has 3 heteroatoms. The maximum Gasteiger partial charge on any atom is 0.248 e. The van der Waals surface area contributed by atoms with Crippen molar-refractivity contribution >= 4 is 0 Å². The largest absolute Gasteiger partial charge is 0.326 e. The van der Waals surface area contributed by atoms with E-state index >= 15 is 0 Å². The lowest BCUT2D eigenvalue weighted by molar-refractivity contribution is 0.204. The molecule has 1 N–H and O–H groups in total. The maximum absolute atomic E-state index is 11.2. The Morgan fingerprint density at radius 3 is 2.81 bits per heavy atom. The van der Waals surface area contributed by atoms with E-state index in [0.717, 1.165) is 5.69 Å². The van der Waals surface area contributed by atoms with Crippen LogP contribution in [0.5, 0.6) is 0 Å². The molecule has 0 aliphatic carbocycles. The van der Waals surface area contributed by atoms with Crippen LogP contribution in [0.3, 0.4) is 0 Å². The van der Waals surface area contributed by atoms with Crippen molar-refractivity contribution in [1.82, 2.24) is 9.88 Å². The third kappa shape index (κ3) is 2.05. The Morgan fingerprint density at radius 2 is 2.19 bits per heavy atom. The number of pyridine rings is 1. The number of aromatic nitrogens is 1. The van der Waals surface area contributed by atoms with Crippen LogP contribution in [-0.4, -0.2) is 22.5 Å². The Labute approximate surface area is 96.5 Å². The fourth-order valence-corrected chi connectivity index (χ4v) is 2.69. The summed E-state index contributed by atoms with van der Waals surface area (Å²) in [4.78, 5) is 16.6. The number of likely N-dealkylation sites (tertiary alicyclic amines) is 1. The van der Waals surface area contributed by atoms with Crippen LogP contribution in [0.2, 0.25) is 0 Å². The topological polar surface area (TPSA) is 36.1 Å². The van der Waals surface area contributed by atoms with Gasteiger partial charge >= 0.3 is 0 Å². The summed E-state index contributed by atoms with van der Waals surface area (Å²) in [5.41, 5.74) is 2.30.